The van der Waals surface area contributed by atoms with E-state index in [1.54, 1.807) is 4.90 Å². The van der Waals surface area contributed by atoms with Gasteiger partial charge in [-0.25, -0.2) is 4.79 Å². The second-order valence-electron chi connectivity index (χ2n) is 6.85. The number of amides is 2. The average molecular weight is 303 g/mol. The zero-order chi connectivity index (χ0) is 15.0. The largest absolute Gasteiger partial charge is 0.444 e. The molecule has 0 bridgehead atoms. The smallest absolute Gasteiger partial charge is 0.410 e. The van der Waals surface area contributed by atoms with Gasteiger partial charge >= 0.3 is 6.09 Å². The minimum Gasteiger partial charge on any atom is -0.444 e. The van der Waals surface area contributed by atoms with Crippen LogP contribution in [0.5, 0.6) is 0 Å². The van der Waals surface area contributed by atoms with Crippen LogP contribution in [0.15, 0.2) is 0 Å². The van der Waals surface area contributed by atoms with E-state index in [1.165, 1.54) is 0 Å². The Morgan fingerprint density at radius 2 is 1.70 bits per heavy atom. The van der Waals surface area contributed by atoms with Gasteiger partial charge in [-0.05, 0) is 33.6 Å². The predicted molar refractivity (Wildman–Crippen MR) is 76.8 cm³/mol. The fourth-order valence-electron chi connectivity index (χ4n) is 2.98. The molecule has 2 aliphatic rings. The van der Waals surface area contributed by atoms with Crippen LogP contribution in [-0.2, 0) is 9.53 Å². The van der Waals surface area contributed by atoms with Gasteiger partial charge in [0.2, 0.25) is 5.91 Å². The highest BCUT2D eigenvalue weighted by Crippen LogP contribution is 2.39. The Morgan fingerprint density at radius 1 is 1.15 bits per heavy atom. The molecule has 5 nitrogen and oxygen atoms in total. The average Bonchev–Trinajstić information content (AvgIpc) is 2.95. The molecular formula is C14H23ClN2O3. The molecular weight excluding hydrogens is 280 g/mol. The molecule has 2 heterocycles. The van der Waals surface area contributed by atoms with Gasteiger partial charge in [-0.1, -0.05) is 0 Å². The first kappa shape index (κ1) is 15.4. The number of likely N-dealkylation sites (tertiary alicyclic amines) is 2. The van der Waals surface area contributed by atoms with E-state index < -0.39 is 5.60 Å². The second-order valence-corrected chi connectivity index (χ2v) is 7.12. The lowest BCUT2D eigenvalue weighted by atomic mass is 9.86. The molecule has 2 amide bonds. The SMILES string of the molecule is CC(C)(C)OC(=O)N1CCC2(CCN(C(=O)CCl)C2)C1. The molecule has 2 rings (SSSR count). The van der Waals surface area contributed by atoms with Crippen molar-refractivity contribution in [1.82, 2.24) is 9.80 Å². The Balaban J connectivity index is 1.93. The maximum atomic E-state index is 12.1. The molecule has 0 radical (unpaired) electrons. The summed E-state index contributed by atoms with van der Waals surface area (Å²) in [6, 6.07) is 0. The monoisotopic (exact) mass is 302 g/mol. The van der Waals surface area contributed by atoms with Crippen molar-refractivity contribution in [3.8, 4) is 0 Å². The Labute approximate surface area is 125 Å². The minimum absolute atomic E-state index is 0.0146. The number of nitrogens with zero attached hydrogens (tertiary/aromatic N) is 2. The summed E-state index contributed by atoms with van der Waals surface area (Å²) in [6.45, 7) is 8.44. The number of carbonyl (C=O) groups excluding carboxylic acids is 2. The van der Waals surface area contributed by atoms with Crippen LogP contribution in [-0.4, -0.2) is 59.5 Å². The third kappa shape index (κ3) is 3.37. The van der Waals surface area contributed by atoms with E-state index in [2.05, 4.69) is 0 Å². The van der Waals surface area contributed by atoms with Crippen LogP contribution in [0.1, 0.15) is 33.6 Å². The molecule has 0 aromatic carbocycles. The van der Waals surface area contributed by atoms with Gasteiger partial charge in [0.1, 0.15) is 11.5 Å². The molecule has 0 aromatic heterocycles. The van der Waals surface area contributed by atoms with Crippen molar-refractivity contribution in [2.75, 3.05) is 32.1 Å². The Kier molecular flexibility index (Phi) is 4.19. The minimum atomic E-state index is -0.469. The van der Waals surface area contributed by atoms with Crippen molar-refractivity contribution in [3.63, 3.8) is 0 Å². The quantitative estimate of drug-likeness (QED) is 0.697. The molecule has 0 aliphatic carbocycles. The topological polar surface area (TPSA) is 49.9 Å². The van der Waals surface area contributed by atoms with Crippen molar-refractivity contribution in [2.45, 2.75) is 39.2 Å². The van der Waals surface area contributed by atoms with Crippen molar-refractivity contribution < 1.29 is 14.3 Å². The van der Waals surface area contributed by atoms with Crippen molar-refractivity contribution in [1.29, 1.82) is 0 Å². The summed E-state index contributed by atoms with van der Waals surface area (Å²) in [7, 11) is 0. The fourth-order valence-corrected chi connectivity index (χ4v) is 3.15. The van der Waals surface area contributed by atoms with Crippen LogP contribution in [0.25, 0.3) is 0 Å². The zero-order valence-electron chi connectivity index (χ0n) is 12.4. The number of hydrogen-bond acceptors (Lipinski definition) is 3. The summed E-state index contributed by atoms with van der Waals surface area (Å²) in [6.07, 6.45) is 1.62. The summed E-state index contributed by atoms with van der Waals surface area (Å²) >= 11 is 5.60. The van der Waals surface area contributed by atoms with E-state index in [1.807, 2.05) is 25.7 Å². The van der Waals surface area contributed by atoms with E-state index >= 15 is 0 Å². The van der Waals surface area contributed by atoms with Crippen LogP contribution in [0.3, 0.4) is 0 Å². The highest BCUT2D eigenvalue weighted by molar-refractivity contribution is 6.27. The molecule has 2 saturated heterocycles. The van der Waals surface area contributed by atoms with Gasteiger partial charge in [0.15, 0.2) is 0 Å². The van der Waals surface area contributed by atoms with E-state index in [9.17, 15) is 9.59 Å². The van der Waals surface area contributed by atoms with Gasteiger partial charge in [-0.15, -0.1) is 11.6 Å². The molecule has 20 heavy (non-hydrogen) atoms. The maximum Gasteiger partial charge on any atom is 0.410 e. The van der Waals surface area contributed by atoms with Crippen molar-refractivity contribution >= 4 is 23.6 Å². The Bertz CT molecular complexity index is 408. The molecule has 1 spiro atoms. The summed E-state index contributed by atoms with van der Waals surface area (Å²) in [4.78, 5) is 27.3. The molecule has 0 N–H and O–H groups in total. The van der Waals surface area contributed by atoms with Crippen LogP contribution >= 0.6 is 11.6 Å². The Morgan fingerprint density at radius 3 is 2.25 bits per heavy atom. The van der Waals surface area contributed by atoms with Gasteiger partial charge < -0.3 is 14.5 Å². The number of rotatable bonds is 1. The molecule has 6 heteroatoms. The first-order valence-electron chi connectivity index (χ1n) is 7.06. The van der Waals surface area contributed by atoms with E-state index in [-0.39, 0.29) is 23.3 Å². The lowest BCUT2D eigenvalue weighted by Crippen LogP contribution is -2.38. The lowest BCUT2D eigenvalue weighted by molar-refractivity contribution is -0.127. The van der Waals surface area contributed by atoms with E-state index in [0.717, 1.165) is 19.4 Å². The van der Waals surface area contributed by atoms with Gasteiger partial charge in [0.05, 0.1) is 0 Å². The zero-order valence-corrected chi connectivity index (χ0v) is 13.2. The van der Waals surface area contributed by atoms with Gasteiger partial charge in [0.25, 0.3) is 0 Å². The fraction of sp³-hybridized carbons (Fsp3) is 0.857. The summed E-state index contributed by atoms with van der Waals surface area (Å²) < 4.78 is 5.41. The number of carbonyl (C=O) groups is 2. The first-order valence-corrected chi connectivity index (χ1v) is 7.60. The summed E-state index contributed by atoms with van der Waals surface area (Å²) in [5.41, 5.74) is -0.429. The van der Waals surface area contributed by atoms with Gasteiger partial charge in [0, 0.05) is 31.6 Å². The van der Waals surface area contributed by atoms with Crippen LogP contribution in [0.2, 0.25) is 0 Å². The number of hydrogen-bond donors (Lipinski definition) is 0. The second kappa shape index (κ2) is 5.43. The summed E-state index contributed by atoms with van der Waals surface area (Å²) in [5.74, 6) is 0.0190. The molecule has 0 saturated carbocycles. The van der Waals surface area contributed by atoms with Gasteiger partial charge in [-0.3, -0.25) is 4.79 Å². The molecule has 2 fully saturated rings. The number of ether oxygens (including phenoxy) is 1. The van der Waals surface area contributed by atoms with E-state index in [0.29, 0.717) is 19.6 Å². The molecule has 0 aromatic rings. The third-order valence-corrected chi connectivity index (χ3v) is 4.22. The predicted octanol–water partition coefficient (Wildman–Crippen LogP) is 2.08. The van der Waals surface area contributed by atoms with Crippen molar-refractivity contribution in [3.05, 3.63) is 0 Å². The highest BCUT2D eigenvalue weighted by atomic mass is 35.5. The van der Waals surface area contributed by atoms with Crippen LogP contribution < -0.4 is 0 Å². The number of alkyl halides is 1. The van der Waals surface area contributed by atoms with Gasteiger partial charge in [-0.2, -0.15) is 0 Å². The summed E-state index contributed by atoms with van der Waals surface area (Å²) in [5, 5.41) is 0. The lowest BCUT2D eigenvalue weighted by Gasteiger charge is -2.27. The molecule has 2 aliphatic heterocycles. The number of halogens is 1. The molecule has 1 atom stereocenters. The van der Waals surface area contributed by atoms with Crippen molar-refractivity contribution in [2.24, 2.45) is 5.41 Å². The maximum absolute atomic E-state index is 12.1. The Hall–Kier alpha value is -0.970. The van der Waals surface area contributed by atoms with Crippen LogP contribution in [0, 0.1) is 5.41 Å². The molecule has 114 valence electrons. The molecule has 1 unspecified atom stereocenters. The van der Waals surface area contributed by atoms with E-state index in [4.69, 9.17) is 16.3 Å². The third-order valence-electron chi connectivity index (χ3n) is 4.00. The van der Waals surface area contributed by atoms with Crippen LogP contribution in [0.4, 0.5) is 4.79 Å². The highest BCUT2D eigenvalue weighted by Gasteiger charge is 2.46. The standard InChI is InChI=1S/C14H23ClN2O3/c1-13(2,3)20-12(19)17-7-5-14(10-17)4-6-16(9-14)11(18)8-15/h4-10H2,1-3H3. The normalized spacial score (nSPS) is 26.4. The first-order chi connectivity index (χ1) is 9.25.